The summed E-state index contributed by atoms with van der Waals surface area (Å²) in [4.78, 5) is 0. The maximum Gasteiger partial charge on any atom is 0.120 e. The normalized spacial score (nSPS) is 26.1. The zero-order chi connectivity index (χ0) is 12.8. The number of rotatable bonds is 6. The number of hydrogen-bond donors (Lipinski definition) is 1. The molecule has 0 spiro atoms. The molecule has 1 unspecified atom stereocenters. The summed E-state index contributed by atoms with van der Waals surface area (Å²) in [5.41, 5.74) is 0. The number of hydrogen-bond acceptors (Lipinski definition) is 2. The van der Waals surface area contributed by atoms with Crippen molar-refractivity contribution in [3.63, 3.8) is 0 Å². The van der Waals surface area contributed by atoms with E-state index >= 15 is 0 Å². The van der Waals surface area contributed by atoms with Crippen LogP contribution in [0.3, 0.4) is 0 Å². The Hall–Kier alpha value is -0.760. The summed E-state index contributed by atoms with van der Waals surface area (Å²) in [6.45, 7) is 5.72. The van der Waals surface area contributed by atoms with Crippen LogP contribution >= 0.6 is 0 Å². The third-order valence-electron chi connectivity index (χ3n) is 4.37. The van der Waals surface area contributed by atoms with Crippen molar-refractivity contribution in [3.8, 4) is 0 Å². The molecule has 2 rings (SSSR count). The van der Waals surface area contributed by atoms with Crippen LogP contribution in [0.4, 0.5) is 0 Å². The zero-order valence-electron chi connectivity index (χ0n) is 11.8. The Morgan fingerprint density at radius 3 is 2.72 bits per heavy atom. The van der Waals surface area contributed by atoms with Crippen LogP contribution in [0.15, 0.2) is 22.8 Å². The Kier molecular flexibility index (Phi) is 5.30. The highest BCUT2D eigenvalue weighted by Crippen LogP contribution is 2.30. The van der Waals surface area contributed by atoms with Crippen LogP contribution in [-0.2, 0) is 0 Å². The summed E-state index contributed by atoms with van der Waals surface area (Å²) in [5, 5.41) is 3.64. The van der Waals surface area contributed by atoms with Gasteiger partial charge in [0.2, 0.25) is 0 Å². The molecule has 1 heterocycles. The standard InChI is InChI=1S/C16H27NO/c1-3-15(16-5-4-12-18-16)17-11-10-14-8-6-13(2)7-9-14/h4-5,12-15,17H,3,6-11H2,1-2H3. The van der Waals surface area contributed by atoms with Gasteiger partial charge in [-0.2, -0.15) is 0 Å². The van der Waals surface area contributed by atoms with Crippen LogP contribution in [0.2, 0.25) is 0 Å². The van der Waals surface area contributed by atoms with Crippen molar-refractivity contribution in [2.75, 3.05) is 6.54 Å². The smallest absolute Gasteiger partial charge is 0.120 e. The molecular weight excluding hydrogens is 222 g/mol. The average Bonchev–Trinajstić information content (AvgIpc) is 2.91. The maximum absolute atomic E-state index is 5.48. The van der Waals surface area contributed by atoms with Crippen molar-refractivity contribution in [2.24, 2.45) is 11.8 Å². The molecule has 1 saturated carbocycles. The quantitative estimate of drug-likeness (QED) is 0.801. The van der Waals surface area contributed by atoms with Crippen LogP contribution in [0.1, 0.15) is 64.2 Å². The third kappa shape index (κ3) is 3.88. The fourth-order valence-corrected chi connectivity index (χ4v) is 3.02. The Bertz CT molecular complexity index is 312. The fourth-order valence-electron chi connectivity index (χ4n) is 3.02. The van der Waals surface area contributed by atoms with Crippen LogP contribution in [0.5, 0.6) is 0 Å². The van der Waals surface area contributed by atoms with E-state index in [0.29, 0.717) is 6.04 Å². The first-order valence-corrected chi connectivity index (χ1v) is 7.56. The molecule has 18 heavy (non-hydrogen) atoms. The summed E-state index contributed by atoms with van der Waals surface area (Å²) < 4.78 is 5.48. The molecule has 0 aliphatic heterocycles. The van der Waals surface area contributed by atoms with Crippen LogP contribution < -0.4 is 5.32 Å². The molecule has 0 aromatic carbocycles. The molecule has 1 aliphatic carbocycles. The Balaban J connectivity index is 1.68. The summed E-state index contributed by atoms with van der Waals surface area (Å²) >= 11 is 0. The van der Waals surface area contributed by atoms with E-state index in [1.54, 1.807) is 6.26 Å². The Labute approximate surface area is 111 Å². The van der Waals surface area contributed by atoms with E-state index < -0.39 is 0 Å². The first-order chi connectivity index (χ1) is 8.79. The lowest BCUT2D eigenvalue weighted by Crippen LogP contribution is -2.24. The second kappa shape index (κ2) is 6.98. The topological polar surface area (TPSA) is 25.2 Å². The second-order valence-corrected chi connectivity index (χ2v) is 5.84. The lowest BCUT2D eigenvalue weighted by molar-refractivity contribution is 0.270. The maximum atomic E-state index is 5.48. The van der Waals surface area contributed by atoms with Crippen LogP contribution in [-0.4, -0.2) is 6.54 Å². The van der Waals surface area contributed by atoms with Crippen molar-refractivity contribution >= 4 is 0 Å². The van der Waals surface area contributed by atoms with Gasteiger partial charge in [-0.05, 0) is 43.4 Å². The third-order valence-corrected chi connectivity index (χ3v) is 4.37. The summed E-state index contributed by atoms with van der Waals surface area (Å²) in [6.07, 6.45) is 9.90. The minimum atomic E-state index is 0.391. The van der Waals surface area contributed by atoms with E-state index in [1.807, 2.05) is 6.07 Å². The van der Waals surface area contributed by atoms with Crippen LogP contribution in [0, 0.1) is 11.8 Å². The van der Waals surface area contributed by atoms with E-state index in [4.69, 9.17) is 4.42 Å². The highest BCUT2D eigenvalue weighted by molar-refractivity contribution is 5.03. The summed E-state index contributed by atoms with van der Waals surface area (Å²) in [6, 6.07) is 4.44. The molecule has 0 amide bonds. The fraction of sp³-hybridized carbons (Fsp3) is 0.750. The molecule has 2 heteroatoms. The van der Waals surface area contributed by atoms with E-state index in [0.717, 1.165) is 30.6 Å². The largest absolute Gasteiger partial charge is 0.468 e. The molecule has 2 nitrogen and oxygen atoms in total. The molecule has 1 fully saturated rings. The predicted octanol–water partition coefficient (Wildman–Crippen LogP) is 4.54. The van der Waals surface area contributed by atoms with E-state index in [-0.39, 0.29) is 0 Å². The van der Waals surface area contributed by atoms with Crippen molar-refractivity contribution < 1.29 is 4.42 Å². The highest BCUT2D eigenvalue weighted by Gasteiger charge is 2.18. The van der Waals surface area contributed by atoms with Crippen molar-refractivity contribution in [1.29, 1.82) is 0 Å². The van der Waals surface area contributed by atoms with Gasteiger partial charge in [0.25, 0.3) is 0 Å². The minimum Gasteiger partial charge on any atom is -0.468 e. The van der Waals surface area contributed by atoms with Gasteiger partial charge in [-0.3, -0.25) is 0 Å². The molecule has 1 aromatic rings. The van der Waals surface area contributed by atoms with Gasteiger partial charge < -0.3 is 9.73 Å². The molecule has 0 radical (unpaired) electrons. The molecule has 0 saturated heterocycles. The van der Waals surface area contributed by atoms with E-state index in [1.165, 1.54) is 32.1 Å². The van der Waals surface area contributed by atoms with Gasteiger partial charge in [0.05, 0.1) is 12.3 Å². The number of furan rings is 1. The molecule has 1 atom stereocenters. The molecule has 1 N–H and O–H groups in total. The van der Waals surface area contributed by atoms with Gasteiger partial charge >= 0.3 is 0 Å². The molecule has 1 aliphatic rings. The van der Waals surface area contributed by atoms with Gasteiger partial charge in [-0.1, -0.05) is 39.5 Å². The van der Waals surface area contributed by atoms with Gasteiger partial charge in [-0.15, -0.1) is 0 Å². The average molecular weight is 249 g/mol. The van der Waals surface area contributed by atoms with Gasteiger partial charge in [0, 0.05) is 0 Å². The van der Waals surface area contributed by atoms with Gasteiger partial charge in [0.1, 0.15) is 5.76 Å². The summed E-state index contributed by atoms with van der Waals surface area (Å²) in [5.74, 6) is 2.98. The Morgan fingerprint density at radius 2 is 2.11 bits per heavy atom. The molecular formula is C16H27NO. The van der Waals surface area contributed by atoms with E-state index in [9.17, 15) is 0 Å². The van der Waals surface area contributed by atoms with Crippen molar-refractivity contribution in [1.82, 2.24) is 5.32 Å². The molecule has 1 aromatic heterocycles. The Morgan fingerprint density at radius 1 is 1.33 bits per heavy atom. The first-order valence-electron chi connectivity index (χ1n) is 7.56. The lowest BCUT2D eigenvalue weighted by Gasteiger charge is -2.26. The molecule has 0 bridgehead atoms. The second-order valence-electron chi connectivity index (χ2n) is 5.84. The SMILES string of the molecule is CCC(NCCC1CCC(C)CC1)c1ccco1. The van der Waals surface area contributed by atoms with Crippen LogP contribution in [0.25, 0.3) is 0 Å². The predicted molar refractivity (Wildman–Crippen MR) is 75.5 cm³/mol. The van der Waals surface area contributed by atoms with E-state index in [2.05, 4.69) is 25.2 Å². The van der Waals surface area contributed by atoms with Crippen molar-refractivity contribution in [2.45, 2.75) is 58.4 Å². The highest BCUT2D eigenvalue weighted by atomic mass is 16.3. The molecule has 102 valence electrons. The zero-order valence-corrected chi connectivity index (χ0v) is 11.8. The summed E-state index contributed by atoms with van der Waals surface area (Å²) in [7, 11) is 0. The minimum absolute atomic E-state index is 0.391. The monoisotopic (exact) mass is 249 g/mol. The van der Waals surface area contributed by atoms with Gasteiger partial charge in [-0.25, -0.2) is 0 Å². The van der Waals surface area contributed by atoms with Crippen molar-refractivity contribution in [3.05, 3.63) is 24.2 Å². The first kappa shape index (κ1) is 13.7. The number of nitrogens with one attached hydrogen (secondary N) is 1. The van der Waals surface area contributed by atoms with Gasteiger partial charge in [0.15, 0.2) is 0 Å². The lowest BCUT2D eigenvalue weighted by atomic mass is 9.81.